The highest BCUT2D eigenvalue weighted by molar-refractivity contribution is 5.83. The molecule has 0 spiro atoms. The number of para-hydroxylation sites is 1. The van der Waals surface area contributed by atoms with E-state index in [2.05, 4.69) is 33.4 Å². The van der Waals surface area contributed by atoms with Crippen molar-refractivity contribution in [3.8, 4) is 11.1 Å². The highest BCUT2D eigenvalue weighted by atomic mass is 15.2. The predicted octanol–water partition coefficient (Wildman–Crippen LogP) is 1.78. The lowest BCUT2D eigenvalue weighted by atomic mass is 9.97. The summed E-state index contributed by atoms with van der Waals surface area (Å²) in [6, 6.07) is 12.3. The van der Waals surface area contributed by atoms with Crippen LogP contribution in [0.5, 0.6) is 0 Å². The lowest BCUT2D eigenvalue weighted by Crippen LogP contribution is -2.19. The number of hydrogen-bond acceptors (Lipinski definition) is 3. The van der Waals surface area contributed by atoms with Crippen LogP contribution in [0.1, 0.15) is 5.56 Å². The molecule has 2 aliphatic rings. The predicted molar refractivity (Wildman–Crippen MR) is 66.0 cm³/mol. The van der Waals surface area contributed by atoms with Crippen molar-refractivity contribution in [1.29, 1.82) is 0 Å². The first-order valence-corrected chi connectivity index (χ1v) is 5.63. The fourth-order valence-electron chi connectivity index (χ4n) is 2.47. The van der Waals surface area contributed by atoms with Gasteiger partial charge in [0.15, 0.2) is 0 Å². The second kappa shape index (κ2) is 3.10. The van der Waals surface area contributed by atoms with Gasteiger partial charge >= 0.3 is 0 Å². The molecule has 0 atom stereocenters. The Bertz CT molecular complexity index is 773. The average Bonchev–Trinajstić information content (AvgIpc) is 2.77. The molecule has 17 heavy (non-hydrogen) atoms. The van der Waals surface area contributed by atoms with Crippen LogP contribution in [0, 0.1) is 0 Å². The smallest absolute Gasteiger partial charge is 0.0900 e. The molecule has 0 aliphatic carbocycles. The lowest BCUT2D eigenvalue weighted by Gasteiger charge is -2.07. The molecule has 0 saturated carbocycles. The van der Waals surface area contributed by atoms with Crippen LogP contribution in [0.4, 0.5) is 5.69 Å². The van der Waals surface area contributed by atoms with Crippen LogP contribution in [0.15, 0.2) is 51.6 Å². The minimum Gasteiger partial charge on any atom is -0.248 e. The van der Waals surface area contributed by atoms with Crippen LogP contribution in [-0.4, -0.2) is 6.21 Å². The minimum absolute atomic E-state index is 0.839. The van der Waals surface area contributed by atoms with Crippen LogP contribution in [0.2, 0.25) is 0 Å². The Morgan fingerprint density at radius 1 is 0.941 bits per heavy atom. The monoisotopic (exact) mass is 219 g/mol. The third kappa shape index (κ3) is 1.13. The molecule has 3 heteroatoms. The van der Waals surface area contributed by atoms with Gasteiger partial charge in [-0.3, -0.25) is 0 Å². The van der Waals surface area contributed by atoms with Gasteiger partial charge in [-0.1, -0.05) is 18.2 Å². The molecule has 80 valence electrons. The number of benzene rings is 2. The van der Waals surface area contributed by atoms with Crippen LogP contribution in [-0.2, 0) is 6.42 Å². The van der Waals surface area contributed by atoms with E-state index in [0.717, 1.165) is 22.8 Å². The Kier molecular flexibility index (Phi) is 1.61. The molecule has 0 fully saturated rings. The van der Waals surface area contributed by atoms with Crippen molar-refractivity contribution in [2.45, 2.75) is 6.42 Å². The third-order valence-corrected chi connectivity index (χ3v) is 3.22. The van der Waals surface area contributed by atoms with Gasteiger partial charge in [0.05, 0.1) is 16.4 Å². The van der Waals surface area contributed by atoms with E-state index < -0.39 is 0 Å². The lowest BCUT2D eigenvalue weighted by molar-refractivity contribution is 1.06. The van der Waals surface area contributed by atoms with E-state index in [4.69, 9.17) is 0 Å². The van der Waals surface area contributed by atoms with Gasteiger partial charge < -0.3 is 0 Å². The van der Waals surface area contributed by atoms with E-state index in [1.807, 2.05) is 24.4 Å². The second-order valence-electron chi connectivity index (χ2n) is 4.19. The quantitative estimate of drug-likeness (QED) is 0.552. The van der Waals surface area contributed by atoms with Crippen molar-refractivity contribution < 1.29 is 0 Å². The summed E-state index contributed by atoms with van der Waals surface area (Å²) in [5.74, 6) is 0. The van der Waals surface area contributed by atoms with Crippen LogP contribution < -0.4 is 10.7 Å². The minimum atomic E-state index is 0.839. The van der Waals surface area contributed by atoms with Crippen molar-refractivity contribution in [2.75, 3.05) is 0 Å². The molecule has 0 radical (unpaired) electrons. The Morgan fingerprint density at radius 3 is 2.82 bits per heavy atom. The fraction of sp³-hybridized carbons (Fsp3) is 0.0714. The third-order valence-electron chi connectivity index (χ3n) is 3.22. The summed E-state index contributed by atoms with van der Waals surface area (Å²) in [5.41, 5.74) is 4.74. The maximum Gasteiger partial charge on any atom is 0.0900 e. The second-order valence-corrected chi connectivity index (χ2v) is 4.19. The highest BCUT2D eigenvalue weighted by Crippen LogP contribution is 2.33. The number of rotatable bonds is 0. The van der Waals surface area contributed by atoms with Gasteiger partial charge in [0.1, 0.15) is 0 Å². The molecule has 2 aromatic carbocycles. The molecule has 0 unspecified atom stereocenters. The molecule has 0 N–H and O–H groups in total. The molecule has 3 nitrogen and oxygen atoms in total. The Balaban J connectivity index is 2.16. The van der Waals surface area contributed by atoms with E-state index >= 15 is 0 Å². The largest absolute Gasteiger partial charge is 0.248 e. The zero-order chi connectivity index (χ0) is 11.2. The van der Waals surface area contributed by atoms with Crippen molar-refractivity contribution in [3.05, 3.63) is 52.7 Å². The summed E-state index contributed by atoms with van der Waals surface area (Å²) in [5, 5.41) is 10.2. The SMILES string of the molecule is C1=NN=c2ccc3c(c2C1)-c1ccccc1N=3. The topological polar surface area (TPSA) is 37.1 Å². The van der Waals surface area contributed by atoms with Gasteiger partial charge in [-0.15, -0.1) is 0 Å². The van der Waals surface area contributed by atoms with Crippen molar-refractivity contribution in [2.24, 2.45) is 15.2 Å². The van der Waals surface area contributed by atoms with Gasteiger partial charge in [0.25, 0.3) is 0 Å². The molecular weight excluding hydrogens is 210 g/mol. The van der Waals surface area contributed by atoms with Crippen molar-refractivity contribution in [3.63, 3.8) is 0 Å². The molecule has 2 heterocycles. The summed E-state index contributed by atoms with van der Waals surface area (Å²) in [4.78, 5) is 4.64. The number of fused-ring (bicyclic) bond motifs is 5. The van der Waals surface area contributed by atoms with Crippen LogP contribution in [0.3, 0.4) is 0 Å². The van der Waals surface area contributed by atoms with Crippen LogP contribution >= 0.6 is 0 Å². The summed E-state index contributed by atoms with van der Waals surface area (Å²) in [6.45, 7) is 0. The van der Waals surface area contributed by atoms with E-state index in [9.17, 15) is 0 Å². The zero-order valence-electron chi connectivity index (χ0n) is 9.09. The molecule has 0 bridgehead atoms. The molecular formula is C14H9N3. The maximum absolute atomic E-state index is 4.64. The summed E-state index contributed by atoms with van der Waals surface area (Å²) < 4.78 is 0. The Labute approximate surface area is 97.9 Å². The van der Waals surface area contributed by atoms with Gasteiger partial charge in [-0.25, -0.2) is 4.99 Å². The maximum atomic E-state index is 4.64. The number of hydrogen-bond donors (Lipinski definition) is 0. The van der Waals surface area contributed by atoms with Gasteiger partial charge in [-0.2, -0.15) is 10.2 Å². The van der Waals surface area contributed by atoms with Gasteiger partial charge in [-0.05, 0) is 23.8 Å². The van der Waals surface area contributed by atoms with E-state index in [0.29, 0.717) is 0 Å². The first-order valence-electron chi connectivity index (χ1n) is 5.63. The van der Waals surface area contributed by atoms with Crippen LogP contribution in [0.25, 0.3) is 11.1 Å². The number of nitrogens with zero attached hydrogens (tertiary/aromatic N) is 3. The molecule has 4 rings (SSSR count). The Hall–Kier alpha value is -2.29. The van der Waals surface area contributed by atoms with E-state index in [-0.39, 0.29) is 0 Å². The van der Waals surface area contributed by atoms with E-state index in [1.165, 1.54) is 16.7 Å². The first kappa shape index (κ1) is 8.82. The molecule has 2 aliphatic heterocycles. The van der Waals surface area contributed by atoms with E-state index in [1.54, 1.807) is 0 Å². The van der Waals surface area contributed by atoms with Crippen molar-refractivity contribution in [1.82, 2.24) is 0 Å². The first-order chi connectivity index (χ1) is 8.43. The summed E-state index contributed by atoms with van der Waals surface area (Å²) in [7, 11) is 0. The van der Waals surface area contributed by atoms with Gasteiger partial charge in [0.2, 0.25) is 0 Å². The Morgan fingerprint density at radius 2 is 1.82 bits per heavy atom. The summed E-state index contributed by atoms with van der Waals surface area (Å²) in [6.07, 6.45) is 2.69. The normalized spacial score (nSPS) is 14.4. The molecule has 0 saturated heterocycles. The van der Waals surface area contributed by atoms with Gasteiger partial charge in [0, 0.05) is 23.8 Å². The molecule has 2 aromatic rings. The van der Waals surface area contributed by atoms with Crippen molar-refractivity contribution >= 4 is 11.9 Å². The fourth-order valence-corrected chi connectivity index (χ4v) is 2.47. The summed E-state index contributed by atoms with van der Waals surface area (Å²) >= 11 is 0. The molecule has 0 aromatic heterocycles. The standard InChI is InChI=1S/C14H9N3/c1-2-4-11-9(3-1)14-10-7-8-15-17-12(10)5-6-13(14)16-11/h1-6,8H,7H2. The molecule has 0 amide bonds. The highest BCUT2D eigenvalue weighted by Gasteiger charge is 2.18. The zero-order valence-corrected chi connectivity index (χ0v) is 9.09. The average molecular weight is 219 g/mol.